The number of hydrazine groups is 1. The molecule has 0 atom stereocenters. The molecule has 0 aliphatic heterocycles. The van der Waals surface area contributed by atoms with Crippen molar-refractivity contribution < 1.29 is 9.13 Å². The number of aliphatic imine (C=N–C) groups is 1. The molecule has 0 heterocycles. The van der Waals surface area contributed by atoms with E-state index in [1.807, 2.05) is 0 Å². The van der Waals surface area contributed by atoms with Gasteiger partial charge in [0.15, 0.2) is 11.6 Å². The van der Waals surface area contributed by atoms with Gasteiger partial charge in [0.2, 0.25) is 0 Å². The average Bonchev–Trinajstić information content (AvgIpc) is 2.74. The molecular formula is C15H22FN3O. The van der Waals surface area contributed by atoms with E-state index in [2.05, 4.69) is 5.43 Å². The second-order valence-electron chi connectivity index (χ2n) is 5.12. The molecule has 1 fully saturated rings. The molecule has 0 spiro atoms. The predicted molar refractivity (Wildman–Crippen MR) is 78.3 cm³/mol. The number of nitrogens with zero attached hydrogens (tertiary/aromatic N) is 1. The topological polar surface area (TPSA) is 59.6 Å². The number of benzene rings is 1. The molecule has 0 amide bonds. The summed E-state index contributed by atoms with van der Waals surface area (Å²) in [6.07, 6.45) is 7.15. The number of amidine groups is 1. The first-order chi connectivity index (χ1) is 9.74. The lowest BCUT2D eigenvalue weighted by Gasteiger charge is -2.13. The molecule has 0 aromatic heterocycles. The quantitative estimate of drug-likeness (QED) is 0.294. The van der Waals surface area contributed by atoms with Crippen molar-refractivity contribution in [2.45, 2.75) is 44.6 Å². The van der Waals surface area contributed by atoms with Crippen LogP contribution >= 0.6 is 0 Å². The van der Waals surface area contributed by atoms with E-state index in [0.717, 1.165) is 18.4 Å². The number of halogens is 1. The molecule has 1 aromatic rings. The first kappa shape index (κ1) is 14.8. The molecule has 2 rings (SSSR count). The third-order valence-electron chi connectivity index (χ3n) is 3.70. The van der Waals surface area contributed by atoms with Gasteiger partial charge in [0, 0.05) is 5.56 Å². The van der Waals surface area contributed by atoms with Crippen LogP contribution < -0.4 is 16.0 Å². The highest BCUT2D eigenvalue weighted by Crippen LogP contribution is 2.22. The lowest BCUT2D eigenvalue weighted by molar-refractivity contribution is 0.386. The number of hydrogen-bond acceptors (Lipinski definition) is 3. The van der Waals surface area contributed by atoms with Gasteiger partial charge in [0.1, 0.15) is 5.84 Å². The van der Waals surface area contributed by atoms with E-state index < -0.39 is 0 Å². The highest BCUT2D eigenvalue weighted by molar-refractivity contribution is 5.98. The van der Waals surface area contributed by atoms with Crippen molar-refractivity contribution in [3.05, 3.63) is 29.6 Å². The summed E-state index contributed by atoms with van der Waals surface area (Å²) >= 11 is 0. The number of hydrogen-bond donors (Lipinski definition) is 2. The van der Waals surface area contributed by atoms with Crippen molar-refractivity contribution in [1.29, 1.82) is 0 Å². The summed E-state index contributed by atoms with van der Waals surface area (Å²) in [5, 5.41) is 0. The summed E-state index contributed by atoms with van der Waals surface area (Å²) in [6, 6.07) is 4.94. The van der Waals surface area contributed by atoms with E-state index in [1.165, 1.54) is 38.9 Å². The molecule has 1 aliphatic rings. The van der Waals surface area contributed by atoms with Crippen molar-refractivity contribution in [1.82, 2.24) is 5.43 Å². The summed E-state index contributed by atoms with van der Waals surface area (Å²) in [6.45, 7) is 0. The van der Waals surface area contributed by atoms with Crippen LogP contribution in [0.4, 0.5) is 4.39 Å². The molecule has 0 unspecified atom stereocenters. The molecule has 4 nitrogen and oxygen atoms in total. The number of rotatable bonds is 3. The largest absolute Gasteiger partial charge is 0.494 e. The van der Waals surface area contributed by atoms with Crippen molar-refractivity contribution >= 4 is 5.84 Å². The van der Waals surface area contributed by atoms with Gasteiger partial charge in [-0.1, -0.05) is 25.7 Å². The van der Waals surface area contributed by atoms with E-state index in [-0.39, 0.29) is 11.6 Å². The molecule has 110 valence electrons. The molecule has 20 heavy (non-hydrogen) atoms. The molecule has 5 heteroatoms. The average molecular weight is 279 g/mol. The zero-order chi connectivity index (χ0) is 14.4. The van der Waals surface area contributed by atoms with E-state index >= 15 is 0 Å². The maximum Gasteiger partial charge on any atom is 0.165 e. The molecule has 0 saturated heterocycles. The van der Waals surface area contributed by atoms with Crippen LogP contribution in [0.5, 0.6) is 5.75 Å². The van der Waals surface area contributed by atoms with E-state index in [0.29, 0.717) is 11.9 Å². The van der Waals surface area contributed by atoms with Gasteiger partial charge in [-0.05, 0) is 31.0 Å². The van der Waals surface area contributed by atoms with Crippen LogP contribution in [0.2, 0.25) is 0 Å². The lowest BCUT2D eigenvalue weighted by Crippen LogP contribution is -2.32. The van der Waals surface area contributed by atoms with Gasteiger partial charge < -0.3 is 10.2 Å². The summed E-state index contributed by atoms with van der Waals surface area (Å²) in [4.78, 5) is 4.69. The summed E-state index contributed by atoms with van der Waals surface area (Å²) < 4.78 is 18.4. The van der Waals surface area contributed by atoms with Crippen molar-refractivity contribution in [3.8, 4) is 5.75 Å². The number of ether oxygens (including phenoxy) is 1. The fourth-order valence-electron chi connectivity index (χ4n) is 2.57. The minimum absolute atomic E-state index is 0.200. The van der Waals surface area contributed by atoms with Gasteiger partial charge in [-0.15, -0.1) is 0 Å². The number of methoxy groups -OCH3 is 1. The van der Waals surface area contributed by atoms with Crippen LogP contribution in [-0.2, 0) is 0 Å². The zero-order valence-electron chi connectivity index (χ0n) is 11.9. The fraction of sp³-hybridized carbons (Fsp3) is 0.533. The Morgan fingerprint density at radius 3 is 2.60 bits per heavy atom. The predicted octanol–water partition coefficient (Wildman–Crippen LogP) is 2.77. The Morgan fingerprint density at radius 2 is 2.00 bits per heavy atom. The Kier molecular flexibility index (Phi) is 5.35. The first-order valence-electron chi connectivity index (χ1n) is 7.13. The summed E-state index contributed by atoms with van der Waals surface area (Å²) in [7, 11) is 1.44. The highest BCUT2D eigenvalue weighted by Gasteiger charge is 2.14. The van der Waals surface area contributed by atoms with Gasteiger partial charge in [-0.2, -0.15) is 0 Å². The third kappa shape index (κ3) is 3.70. The minimum Gasteiger partial charge on any atom is -0.494 e. The van der Waals surface area contributed by atoms with Crippen molar-refractivity contribution in [3.63, 3.8) is 0 Å². The molecule has 1 aliphatic carbocycles. The van der Waals surface area contributed by atoms with E-state index in [9.17, 15) is 4.39 Å². The van der Waals surface area contributed by atoms with Crippen LogP contribution in [0.1, 0.15) is 44.1 Å². The number of nitrogens with two attached hydrogens (primary N) is 1. The molecule has 0 bridgehead atoms. The Labute approximate surface area is 119 Å². The number of nitrogens with one attached hydrogen (secondary N) is 1. The Bertz CT molecular complexity index is 468. The minimum atomic E-state index is -0.387. The van der Waals surface area contributed by atoms with Crippen LogP contribution in [0.15, 0.2) is 23.2 Å². The SMILES string of the molecule is COc1cc(C(=NC2CCCCCC2)NN)ccc1F. The van der Waals surface area contributed by atoms with Crippen LogP contribution in [0.3, 0.4) is 0 Å². The van der Waals surface area contributed by atoms with E-state index in [1.54, 1.807) is 12.1 Å². The second kappa shape index (κ2) is 7.24. The van der Waals surface area contributed by atoms with Gasteiger partial charge in [-0.3, -0.25) is 4.99 Å². The fourth-order valence-corrected chi connectivity index (χ4v) is 2.57. The lowest BCUT2D eigenvalue weighted by atomic mass is 10.1. The monoisotopic (exact) mass is 279 g/mol. The highest BCUT2D eigenvalue weighted by atomic mass is 19.1. The zero-order valence-corrected chi connectivity index (χ0v) is 11.9. The standard InChI is InChI=1S/C15H22FN3O/c1-20-14-10-11(8-9-13(14)16)15(19-17)18-12-6-4-2-3-5-7-12/h8-10,12H,2-7,17H2,1H3,(H,18,19). The van der Waals surface area contributed by atoms with Crippen LogP contribution in [-0.4, -0.2) is 19.0 Å². The molecule has 1 aromatic carbocycles. The van der Waals surface area contributed by atoms with Gasteiger partial charge in [-0.25, -0.2) is 10.2 Å². The first-order valence-corrected chi connectivity index (χ1v) is 7.13. The van der Waals surface area contributed by atoms with Crippen LogP contribution in [0.25, 0.3) is 0 Å². The normalized spacial score (nSPS) is 17.6. The Balaban J connectivity index is 2.21. The summed E-state index contributed by atoms with van der Waals surface area (Å²) in [5.74, 6) is 5.98. The smallest absolute Gasteiger partial charge is 0.165 e. The van der Waals surface area contributed by atoms with Gasteiger partial charge in [0.25, 0.3) is 0 Å². The Morgan fingerprint density at radius 1 is 1.30 bits per heavy atom. The van der Waals surface area contributed by atoms with Gasteiger partial charge in [0.05, 0.1) is 13.2 Å². The maximum atomic E-state index is 13.4. The molecule has 3 N–H and O–H groups in total. The van der Waals surface area contributed by atoms with Crippen molar-refractivity contribution in [2.75, 3.05) is 7.11 Å². The Hall–Kier alpha value is -1.62. The molecule has 1 saturated carbocycles. The van der Waals surface area contributed by atoms with Gasteiger partial charge >= 0.3 is 0 Å². The molecule has 0 radical (unpaired) electrons. The third-order valence-corrected chi connectivity index (χ3v) is 3.70. The second-order valence-corrected chi connectivity index (χ2v) is 5.12. The van der Waals surface area contributed by atoms with E-state index in [4.69, 9.17) is 15.6 Å². The molecular weight excluding hydrogens is 257 g/mol. The van der Waals surface area contributed by atoms with Crippen molar-refractivity contribution in [2.24, 2.45) is 10.8 Å². The maximum absolute atomic E-state index is 13.4. The van der Waals surface area contributed by atoms with Crippen LogP contribution in [0, 0.1) is 5.82 Å². The summed E-state index contributed by atoms with van der Waals surface area (Å²) in [5.41, 5.74) is 3.37.